The molecule has 1 aromatic carbocycles. The van der Waals surface area contributed by atoms with Crippen LogP contribution in [0.3, 0.4) is 0 Å². The van der Waals surface area contributed by atoms with Crippen molar-refractivity contribution in [3.63, 3.8) is 0 Å². The molecule has 0 spiro atoms. The summed E-state index contributed by atoms with van der Waals surface area (Å²) in [5, 5.41) is 2.64. The average Bonchev–Trinajstić information content (AvgIpc) is 2.77. The molecule has 0 saturated carbocycles. The predicted octanol–water partition coefficient (Wildman–Crippen LogP) is 3.33. The van der Waals surface area contributed by atoms with Crippen LogP contribution >= 0.6 is 0 Å². The van der Waals surface area contributed by atoms with Crippen LogP contribution < -0.4 is 15.1 Å². The Kier molecular flexibility index (Phi) is 5.33. The van der Waals surface area contributed by atoms with Crippen LogP contribution in [0.1, 0.15) is 10.4 Å². The standard InChI is InChI=1S/C21H19F2N5O/c22-17-6-4-15(13-18(17)23)21(29)26-16-5-7-20(25-14-16)28-11-9-27(10-12-28)19-3-1-2-8-24-19/h1-8,13-14H,9-12H2,(H,26,29). The third-order valence-corrected chi connectivity index (χ3v) is 4.76. The van der Waals surface area contributed by atoms with Crippen molar-refractivity contribution in [2.24, 2.45) is 0 Å². The van der Waals surface area contributed by atoms with Crippen LogP contribution in [0, 0.1) is 11.6 Å². The molecule has 29 heavy (non-hydrogen) atoms. The SMILES string of the molecule is O=C(Nc1ccc(N2CCN(c3ccccn3)CC2)nc1)c1ccc(F)c(F)c1. The number of hydrogen-bond donors (Lipinski definition) is 1. The Morgan fingerprint density at radius 1 is 0.862 bits per heavy atom. The summed E-state index contributed by atoms with van der Waals surface area (Å²) in [5.74, 6) is -0.791. The van der Waals surface area contributed by atoms with Gasteiger partial charge in [-0.05, 0) is 42.5 Å². The lowest BCUT2D eigenvalue weighted by atomic mass is 10.2. The van der Waals surface area contributed by atoms with Crippen molar-refractivity contribution >= 4 is 23.2 Å². The molecule has 6 nitrogen and oxygen atoms in total. The largest absolute Gasteiger partial charge is 0.353 e. The monoisotopic (exact) mass is 395 g/mol. The molecule has 3 heterocycles. The van der Waals surface area contributed by atoms with Crippen LogP contribution in [0.2, 0.25) is 0 Å². The topological polar surface area (TPSA) is 61.4 Å². The van der Waals surface area contributed by atoms with Gasteiger partial charge in [-0.3, -0.25) is 4.79 Å². The van der Waals surface area contributed by atoms with E-state index < -0.39 is 17.5 Å². The molecule has 1 aliphatic heterocycles. The van der Waals surface area contributed by atoms with E-state index in [4.69, 9.17) is 0 Å². The van der Waals surface area contributed by atoms with Crippen LogP contribution in [0.25, 0.3) is 0 Å². The lowest BCUT2D eigenvalue weighted by Crippen LogP contribution is -2.47. The van der Waals surface area contributed by atoms with Gasteiger partial charge in [0.25, 0.3) is 5.91 Å². The molecule has 0 atom stereocenters. The molecule has 0 radical (unpaired) electrons. The highest BCUT2D eigenvalue weighted by Crippen LogP contribution is 2.19. The molecule has 1 amide bonds. The summed E-state index contributed by atoms with van der Waals surface area (Å²) in [4.78, 5) is 25.4. The number of hydrogen-bond acceptors (Lipinski definition) is 5. The van der Waals surface area contributed by atoms with Gasteiger partial charge in [-0.15, -0.1) is 0 Å². The molecule has 1 fully saturated rings. The van der Waals surface area contributed by atoms with Crippen LogP contribution in [0.15, 0.2) is 60.9 Å². The Morgan fingerprint density at radius 2 is 1.59 bits per heavy atom. The number of amides is 1. The van der Waals surface area contributed by atoms with E-state index in [-0.39, 0.29) is 5.56 Å². The van der Waals surface area contributed by atoms with Gasteiger partial charge in [-0.25, -0.2) is 18.7 Å². The number of rotatable bonds is 4. The number of carbonyl (C=O) groups excluding carboxylic acids is 1. The van der Waals surface area contributed by atoms with Gasteiger partial charge in [-0.2, -0.15) is 0 Å². The predicted molar refractivity (Wildman–Crippen MR) is 107 cm³/mol. The highest BCUT2D eigenvalue weighted by Gasteiger charge is 2.19. The Labute approximate surface area is 166 Å². The summed E-state index contributed by atoms with van der Waals surface area (Å²) in [6, 6.07) is 12.5. The minimum absolute atomic E-state index is 0.0404. The minimum Gasteiger partial charge on any atom is -0.353 e. The van der Waals surface area contributed by atoms with Gasteiger partial charge < -0.3 is 15.1 Å². The van der Waals surface area contributed by atoms with E-state index in [0.29, 0.717) is 5.69 Å². The molecule has 148 valence electrons. The number of pyridine rings is 2. The zero-order valence-corrected chi connectivity index (χ0v) is 15.6. The summed E-state index contributed by atoms with van der Waals surface area (Å²) >= 11 is 0. The van der Waals surface area contributed by atoms with Gasteiger partial charge in [0, 0.05) is 37.9 Å². The average molecular weight is 395 g/mol. The number of piperazine rings is 1. The fraction of sp³-hybridized carbons (Fsp3) is 0.190. The van der Waals surface area contributed by atoms with E-state index in [9.17, 15) is 13.6 Å². The number of halogens is 2. The van der Waals surface area contributed by atoms with E-state index >= 15 is 0 Å². The Balaban J connectivity index is 1.36. The van der Waals surface area contributed by atoms with Crippen LogP contribution in [-0.2, 0) is 0 Å². The number of anilines is 3. The van der Waals surface area contributed by atoms with Gasteiger partial charge in [0.05, 0.1) is 11.9 Å². The summed E-state index contributed by atoms with van der Waals surface area (Å²) in [6.07, 6.45) is 3.34. The van der Waals surface area contributed by atoms with Crippen molar-refractivity contribution in [1.29, 1.82) is 0 Å². The second-order valence-electron chi connectivity index (χ2n) is 6.65. The van der Waals surface area contributed by atoms with Crippen LogP contribution in [0.5, 0.6) is 0 Å². The highest BCUT2D eigenvalue weighted by molar-refractivity contribution is 6.04. The quantitative estimate of drug-likeness (QED) is 0.734. The molecule has 1 N–H and O–H groups in total. The van der Waals surface area contributed by atoms with Gasteiger partial charge in [0.1, 0.15) is 11.6 Å². The number of aromatic nitrogens is 2. The maximum atomic E-state index is 13.3. The van der Waals surface area contributed by atoms with Gasteiger partial charge >= 0.3 is 0 Å². The summed E-state index contributed by atoms with van der Waals surface area (Å²) in [5.41, 5.74) is 0.522. The molecule has 3 aromatic rings. The van der Waals surface area contributed by atoms with Crippen molar-refractivity contribution in [3.05, 3.63) is 78.1 Å². The van der Waals surface area contributed by atoms with Crippen molar-refractivity contribution < 1.29 is 13.6 Å². The van der Waals surface area contributed by atoms with Gasteiger partial charge in [0.2, 0.25) is 0 Å². The lowest BCUT2D eigenvalue weighted by molar-refractivity contribution is 0.102. The normalized spacial score (nSPS) is 14.0. The molecule has 0 unspecified atom stereocenters. The molecular weight excluding hydrogens is 376 g/mol. The molecule has 1 aliphatic rings. The Hall–Kier alpha value is -3.55. The van der Waals surface area contributed by atoms with Crippen molar-refractivity contribution in [2.75, 3.05) is 41.3 Å². The second kappa shape index (κ2) is 8.22. The number of nitrogens with zero attached hydrogens (tertiary/aromatic N) is 4. The molecule has 0 aliphatic carbocycles. The zero-order valence-electron chi connectivity index (χ0n) is 15.6. The molecule has 8 heteroatoms. The number of benzene rings is 1. The second-order valence-corrected chi connectivity index (χ2v) is 6.65. The van der Waals surface area contributed by atoms with Crippen molar-refractivity contribution in [1.82, 2.24) is 9.97 Å². The van der Waals surface area contributed by atoms with E-state index in [1.54, 1.807) is 18.5 Å². The molecule has 0 bridgehead atoms. The Morgan fingerprint density at radius 3 is 2.17 bits per heavy atom. The van der Waals surface area contributed by atoms with Crippen molar-refractivity contribution in [2.45, 2.75) is 0 Å². The van der Waals surface area contributed by atoms with Gasteiger partial charge in [-0.1, -0.05) is 6.07 Å². The lowest BCUT2D eigenvalue weighted by Gasteiger charge is -2.36. The summed E-state index contributed by atoms with van der Waals surface area (Å²) < 4.78 is 26.3. The first-order valence-corrected chi connectivity index (χ1v) is 9.23. The van der Waals surface area contributed by atoms with Gasteiger partial charge in [0.15, 0.2) is 11.6 Å². The Bertz CT molecular complexity index is 990. The molecule has 2 aromatic heterocycles. The maximum Gasteiger partial charge on any atom is 0.255 e. The summed E-state index contributed by atoms with van der Waals surface area (Å²) in [6.45, 7) is 3.30. The van der Waals surface area contributed by atoms with Crippen LogP contribution in [-0.4, -0.2) is 42.1 Å². The summed E-state index contributed by atoms with van der Waals surface area (Å²) in [7, 11) is 0. The fourth-order valence-electron chi connectivity index (χ4n) is 3.19. The third-order valence-electron chi connectivity index (χ3n) is 4.76. The fourth-order valence-corrected chi connectivity index (χ4v) is 3.19. The minimum atomic E-state index is -1.06. The molecular formula is C21H19F2N5O. The first-order chi connectivity index (χ1) is 14.1. The van der Waals surface area contributed by atoms with E-state index in [2.05, 4.69) is 25.1 Å². The highest BCUT2D eigenvalue weighted by atomic mass is 19.2. The van der Waals surface area contributed by atoms with Crippen LogP contribution in [0.4, 0.5) is 26.1 Å². The van der Waals surface area contributed by atoms with E-state index in [1.165, 1.54) is 6.07 Å². The van der Waals surface area contributed by atoms with E-state index in [1.807, 2.05) is 24.3 Å². The first-order valence-electron chi connectivity index (χ1n) is 9.23. The zero-order chi connectivity index (χ0) is 20.2. The first kappa shape index (κ1) is 18.8. The maximum absolute atomic E-state index is 13.3. The smallest absolute Gasteiger partial charge is 0.255 e. The van der Waals surface area contributed by atoms with E-state index in [0.717, 1.165) is 49.9 Å². The van der Waals surface area contributed by atoms with Crippen molar-refractivity contribution in [3.8, 4) is 0 Å². The number of carbonyl (C=O) groups is 1. The molecule has 4 rings (SSSR count). The molecule has 1 saturated heterocycles. The number of nitrogens with one attached hydrogen (secondary N) is 1. The third kappa shape index (κ3) is 4.31.